The van der Waals surface area contributed by atoms with Gasteiger partial charge >= 0.3 is 0 Å². The molecule has 0 aromatic heterocycles. The van der Waals surface area contributed by atoms with Gasteiger partial charge in [-0.15, -0.1) is 0 Å². The van der Waals surface area contributed by atoms with E-state index in [2.05, 4.69) is 121 Å². The largest absolute Gasteiger partial charge is 0.486 e. The van der Waals surface area contributed by atoms with Crippen LogP contribution in [0.15, 0.2) is 97.1 Å². The van der Waals surface area contributed by atoms with Gasteiger partial charge < -0.3 is 19.3 Å². The number of aryl methyl sites for hydroxylation is 2. The summed E-state index contributed by atoms with van der Waals surface area (Å²) in [6.45, 7) is 5.35. The monoisotopic (exact) mass is 470 g/mol. The van der Waals surface area contributed by atoms with Crippen molar-refractivity contribution in [3.05, 3.63) is 108 Å². The third kappa shape index (κ3) is 3.29. The van der Waals surface area contributed by atoms with E-state index in [0.717, 1.165) is 45.6 Å². The van der Waals surface area contributed by atoms with Crippen LogP contribution in [0.4, 0.5) is 34.1 Å². The fourth-order valence-corrected chi connectivity index (χ4v) is 5.20. The van der Waals surface area contributed by atoms with E-state index in [4.69, 9.17) is 9.47 Å². The SMILES string of the molecule is Cc1ccc(N2c3cc4c(cc3N(c3ccc(C)cc3)c3cc5ccccc5cc32)OCCO4)cc1. The molecule has 0 fully saturated rings. The van der Waals surface area contributed by atoms with Crippen LogP contribution in [0.1, 0.15) is 11.1 Å². The maximum atomic E-state index is 6.04. The molecule has 7 rings (SSSR count). The van der Waals surface area contributed by atoms with Crippen LogP contribution < -0.4 is 19.3 Å². The van der Waals surface area contributed by atoms with Crippen LogP contribution in [0.25, 0.3) is 10.8 Å². The third-order valence-corrected chi connectivity index (χ3v) is 7.03. The summed E-state index contributed by atoms with van der Waals surface area (Å²) < 4.78 is 12.1. The minimum absolute atomic E-state index is 0.555. The van der Waals surface area contributed by atoms with Crippen LogP contribution in [0.2, 0.25) is 0 Å². The smallest absolute Gasteiger partial charge is 0.163 e. The van der Waals surface area contributed by atoms with Crippen molar-refractivity contribution >= 4 is 44.9 Å². The fraction of sp³-hybridized carbons (Fsp3) is 0.125. The van der Waals surface area contributed by atoms with Crippen LogP contribution in [0.3, 0.4) is 0 Å². The standard InChI is InChI=1S/C32H26N2O2/c1-21-7-11-25(12-8-21)33-27-17-23-5-3-4-6-24(23)18-28(27)34(26-13-9-22(2)10-14-26)30-20-32-31(19-29(30)33)35-15-16-36-32/h3-14,17-20H,15-16H2,1-2H3. The molecule has 2 aliphatic rings. The lowest BCUT2D eigenvalue weighted by molar-refractivity contribution is 0.172. The van der Waals surface area contributed by atoms with Crippen LogP contribution in [-0.4, -0.2) is 13.2 Å². The molecule has 0 radical (unpaired) electrons. The molecule has 0 spiro atoms. The second kappa shape index (κ2) is 8.06. The van der Waals surface area contributed by atoms with Gasteiger partial charge in [0, 0.05) is 23.5 Å². The van der Waals surface area contributed by atoms with E-state index in [0.29, 0.717) is 13.2 Å². The van der Waals surface area contributed by atoms with Crippen LogP contribution >= 0.6 is 0 Å². The summed E-state index contributed by atoms with van der Waals surface area (Å²) in [5.74, 6) is 1.57. The van der Waals surface area contributed by atoms with E-state index in [9.17, 15) is 0 Å². The van der Waals surface area contributed by atoms with Gasteiger partial charge in [0.25, 0.3) is 0 Å². The Morgan fingerprint density at radius 1 is 0.500 bits per heavy atom. The minimum atomic E-state index is 0.555. The van der Waals surface area contributed by atoms with Crippen LogP contribution in [0, 0.1) is 13.8 Å². The predicted molar refractivity (Wildman–Crippen MR) is 147 cm³/mol. The second-order valence-electron chi connectivity index (χ2n) is 9.51. The lowest BCUT2D eigenvalue weighted by Gasteiger charge is -2.41. The molecule has 4 nitrogen and oxygen atoms in total. The van der Waals surface area contributed by atoms with Gasteiger partial charge in [-0.05, 0) is 61.0 Å². The second-order valence-corrected chi connectivity index (χ2v) is 9.51. The third-order valence-electron chi connectivity index (χ3n) is 7.03. The Balaban J connectivity index is 1.57. The maximum absolute atomic E-state index is 6.04. The van der Waals surface area contributed by atoms with Crippen molar-refractivity contribution in [1.82, 2.24) is 0 Å². The van der Waals surface area contributed by atoms with Gasteiger partial charge in [-0.25, -0.2) is 0 Å². The Bertz CT molecular complexity index is 1490. The molecule has 176 valence electrons. The minimum Gasteiger partial charge on any atom is -0.486 e. The van der Waals surface area contributed by atoms with E-state index in [1.807, 2.05) is 0 Å². The van der Waals surface area contributed by atoms with Crippen molar-refractivity contribution in [1.29, 1.82) is 0 Å². The predicted octanol–water partition coefficient (Wildman–Crippen LogP) is 8.48. The summed E-state index contributed by atoms with van der Waals surface area (Å²) in [4.78, 5) is 4.69. The van der Waals surface area contributed by atoms with Crippen molar-refractivity contribution in [2.45, 2.75) is 13.8 Å². The first-order chi connectivity index (χ1) is 17.7. The van der Waals surface area contributed by atoms with E-state index < -0.39 is 0 Å². The van der Waals surface area contributed by atoms with E-state index >= 15 is 0 Å². The first-order valence-electron chi connectivity index (χ1n) is 12.4. The molecule has 0 saturated carbocycles. The molecule has 4 heteroatoms. The maximum Gasteiger partial charge on any atom is 0.163 e. The molecule has 0 atom stereocenters. The highest BCUT2D eigenvalue weighted by atomic mass is 16.6. The summed E-state index contributed by atoms with van der Waals surface area (Å²) >= 11 is 0. The van der Waals surface area contributed by atoms with E-state index in [1.54, 1.807) is 0 Å². The van der Waals surface area contributed by atoms with Crippen molar-refractivity contribution in [3.8, 4) is 11.5 Å². The van der Waals surface area contributed by atoms with Gasteiger partial charge in [-0.3, -0.25) is 0 Å². The quantitative estimate of drug-likeness (QED) is 0.253. The van der Waals surface area contributed by atoms with Gasteiger partial charge in [0.15, 0.2) is 11.5 Å². The number of benzene rings is 5. The van der Waals surface area contributed by atoms with Crippen molar-refractivity contribution in [2.75, 3.05) is 23.0 Å². The number of rotatable bonds is 2. The highest BCUT2D eigenvalue weighted by Gasteiger charge is 2.33. The highest BCUT2D eigenvalue weighted by molar-refractivity contribution is 6.06. The van der Waals surface area contributed by atoms with E-state index in [-0.39, 0.29) is 0 Å². The number of anilines is 6. The molecule has 36 heavy (non-hydrogen) atoms. The number of ether oxygens (including phenoxy) is 2. The lowest BCUT2D eigenvalue weighted by atomic mass is 10.00. The molecule has 0 unspecified atom stereocenters. The normalized spacial score (nSPS) is 13.9. The molecular weight excluding hydrogens is 444 g/mol. The summed E-state index contributed by atoms with van der Waals surface area (Å²) in [5.41, 5.74) is 9.07. The topological polar surface area (TPSA) is 24.9 Å². The zero-order valence-corrected chi connectivity index (χ0v) is 20.4. The summed E-state index contributed by atoms with van der Waals surface area (Å²) in [6.07, 6.45) is 0. The van der Waals surface area contributed by atoms with Crippen molar-refractivity contribution in [3.63, 3.8) is 0 Å². The summed E-state index contributed by atoms with van der Waals surface area (Å²) in [6, 6.07) is 34.8. The lowest BCUT2D eigenvalue weighted by Crippen LogP contribution is -2.25. The zero-order chi connectivity index (χ0) is 24.2. The average Bonchev–Trinajstić information content (AvgIpc) is 2.91. The Morgan fingerprint density at radius 2 is 0.889 bits per heavy atom. The number of fused-ring (bicyclic) bond motifs is 4. The van der Waals surface area contributed by atoms with Crippen molar-refractivity contribution < 1.29 is 9.47 Å². The van der Waals surface area contributed by atoms with Crippen molar-refractivity contribution in [2.24, 2.45) is 0 Å². The molecule has 0 saturated heterocycles. The highest BCUT2D eigenvalue weighted by Crippen LogP contribution is 2.57. The molecule has 0 aliphatic carbocycles. The van der Waals surface area contributed by atoms with Gasteiger partial charge in [-0.2, -0.15) is 0 Å². The summed E-state index contributed by atoms with van der Waals surface area (Å²) in [5, 5.41) is 2.41. The van der Waals surface area contributed by atoms with Gasteiger partial charge in [-0.1, -0.05) is 59.7 Å². The molecule has 0 bridgehead atoms. The molecule has 0 amide bonds. The summed E-state index contributed by atoms with van der Waals surface area (Å²) in [7, 11) is 0. The molecule has 0 N–H and O–H groups in total. The van der Waals surface area contributed by atoms with Crippen LogP contribution in [0.5, 0.6) is 11.5 Å². The molecule has 5 aromatic rings. The molecular formula is C32H26N2O2. The van der Waals surface area contributed by atoms with Gasteiger partial charge in [0.05, 0.1) is 22.7 Å². The zero-order valence-electron chi connectivity index (χ0n) is 20.4. The first-order valence-corrected chi connectivity index (χ1v) is 12.4. The Kier molecular flexibility index (Phi) is 4.68. The Hall–Kier alpha value is -4.44. The Labute approximate surface area is 210 Å². The number of nitrogens with zero attached hydrogens (tertiary/aromatic N) is 2. The molecule has 5 aromatic carbocycles. The first kappa shape index (κ1) is 20.9. The Morgan fingerprint density at radius 3 is 1.31 bits per heavy atom. The number of hydrogen-bond donors (Lipinski definition) is 0. The number of hydrogen-bond acceptors (Lipinski definition) is 4. The van der Waals surface area contributed by atoms with Gasteiger partial charge in [0.2, 0.25) is 0 Å². The molecule has 2 heterocycles. The average molecular weight is 471 g/mol. The van der Waals surface area contributed by atoms with E-state index in [1.165, 1.54) is 21.9 Å². The fourth-order valence-electron chi connectivity index (χ4n) is 5.20. The van der Waals surface area contributed by atoms with Gasteiger partial charge in [0.1, 0.15) is 13.2 Å². The molecule has 2 aliphatic heterocycles. The van der Waals surface area contributed by atoms with Crippen LogP contribution in [-0.2, 0) is 0 Å².